The standard InChI is InChI=1S/C15H13BrFNO2/c16-14-6-5-12(17)7-13(14)15(20)18-8-10-1-3-11(9-19)4-2-10/h1-7,19H,8-9H2,(H,18,20). The monoisotopic (exact) mass is 337 g/mol. The Bertz CT molecular complexity index is 614. The van der Waals surface area contributed by atoms with E-state index in [-0.39, 0.29) is 18.1 Å². The summed E-state index contributed by atoms with van der Waals surface area (Å²) in [6, 6.07) is 11.2. The van der Waals surface area contributed by atoms with E-state index in [1.54, 1.807) is 12.1 Å². The van der Waals surface area contributed by atoms with Crippen molar-refractivity contribution in [3.63, 3.8) is 0 Å². The summed E-state index contributed by atoms with van der Waals surface area (Å²) in [5, 5.41) is 11.7. The van der Waals surface area contributed by atoms with Crippen LogP contribution in [0.15, 0.2) is 46.9 Å². The molecule has 0 aliphatic carbocycles. The first kappa shape index (κ1) is 14.7. The number of amides is 1. The van der Waals surface area contributed by atoms with Gasteiger partial charge in [0.2, 0.25) is 0 Å². The zero-order valence-electron chi connectivity index (χ0n) is 10.6. The molecule has 5 heteroatoms. The van der Waals surface area contributed by atoms with Gasteiger partial charge in [0.05, 0.1) is 12.2 Å². The normalized spacial score (nSPS) is 10.3. The molecule has 1 amide bonds. The van der Waals surface area contributed by atoms with Gasteiger partial charge in [-0.15, -0.1) is 0 Å². The van der Waals surface area contributed by atoms with Crippen LogP contribution in [0.3, 0.4) is 0 Å². The minimum Gasteiger partial charge on any atom is -0.392 e. The van der Waals surface area contributed by atoms with E-state index < -0.39 is 5.82 Å². The molecule has 0 fully saturated rings. The summed E-state index contributed by atoms with van der Waals surface area (Å²) in [5.74, 6) is -0.798. The number of carbonyl (C=O) groups excluding carboxylic acids is 1. The van der Waals surface area contributed by atoms with Crippen LogP contribution in [-0.2, 0) is 13.2 Å². The molecule has 0 unspecified atom stereocenters. The smallest absolute Gasteiger partial charge is 0.252 e. The maximum absolute atomic E-state index is 13.1. The van der Waals surface area contributed by atoms with Gasteiger partial charge in [0.15, 0.2) is 0 Å². The first-order valence-corrected chi connectivity index (χ1v) is 6.81. The van der Waals surface area contributed by atoms with E-state index in [1.165, 1.54) is 18.2 Å². The molecule has 0 saturated heterocycles. The highest BCUT2D eigenvalue weighted by Crippen LogP contribution is 2.17. The number of halogens is 2. The van der Waals surface area contributed by atoms with E-state index in [4.69, 9.17) is 5.11 Å². The third-order valence-electron chi connectivity index (χ3n) is 2.83. The lowest BCUT2D eigenvalue weighted by Gasteiger charge is -2.07. The fourth-order valence-electron chi connectivity index (χ4n) is 1.71. The van der Waals surface area contributed by atoms with E-state index in [9.17, 15) is 9.18 Å². The zero-order chi connectivity index (χ0) is 14.5. The summed E-state index contributed by atoms with van der Waals surface area (Å²) in [5.41, 5.74) is 1.98. The predicted octanol–water partition coefficient (Wildman–Crippen LogP) is 3.01. The van der Waals surface area contributed by atoms with Crippen LogP contribution in [0.25, 0.3) is 0 Å². The molecule has 2 aromatic carbocycles. The van der Waals surface area contributed by atoms with Gasteiger partial charge in [-0.1, -0.05) is 24.3 Å². The Kier molecular flexibility index (Phi) is 4.87. The van der Waals surface area contributed by atoms with Crippen LogP contribution >= 0.6 is 15.9 Å². The maximum atomic E-state index is 13.1. The van der Waals surface area contributed by atoms with Crippen molar-refractivity contribution < 1.29 is 14.3 Å². The molecule has 104 valence electrons. The molecule has 0 spiro atoms. The first-order chi connectivity index (χ1) is 9.60. The maximum Gasteiger partial charge on any atom is 0.252 e. The molecular formula is C15H13BrFNO2. The number of aliphatic hydroxyl groups is 1. The molecule has 0 bridgehead atoms. The highest BCUT2D eigenvalue weighted by Gasteiger charge is 2.10. The molecule has 2 N–H and O–H groups in total. The van der Waals surface area contributed by atoms with Crippen molar-refractivity contribution in [3.05, 3.63) is 69.4 Å². The van der Waals surface area contributed by atoms with Gasteiger partial charge < -0.3 is 10.4 Å². The Morgan fingerprint density at radius 3 is 2.45 bits per heavy atom. The predicted molar refractivity (Wildman–Crippen MR) is 77.6 cm³/mol. The molecule has 2 aromatic rings. The minimum absolute atomic E-state index is 0.0110. The van der Waals surface area contributed by atoms with Gasteiger partial charge in [-0.05, 0) is 45.3 Å². The molecule has 0 aliphatic rings. The fourth-order valence-corrected chi connectivity index (χ4v) is 2.14. The second kappa shape index (κ2) is 6.63. The number of rotatable bonds is 4. The molecular weight excluding hydrogens is 325 g/mol. The second-order valence-corrected chi connectivity index (χ2v) is 5.14. The Morgan fingerprint density at radius 2 is 1.80 bits per heavy atom. The molecule has 0 atom stereocenters. The van der Waals surface area contributed by atoms with Crippen molar-refractivity contribution in [2.75, 3.05) is 0 Å². The van der Waals surface area contributed by atoms with Gasteiger partial charge in [-0.2, -0.15) is 0 Å². The van der Waals surface area contributed by atoms with Crippen molar-refractivity contribution in [2.24, 2.45) is 0 Å². The van der Waals surface area contributed by atoms with E-state index in [0.717, 1.165) is 11.1 Å². The highest BCUT2D eigenvalue weighted by molar-refractivity contribution is 9.10. The molecule has 0 saturated carbocycles. The number of carbonyl (C=O) groups is 1. The summed E-state index contributed by atoms with van der Waals surface area (Å²) in [4.78, 5) is 12.0. The van der Waals surface area contributed by atoms with E-state index in [1.807, 2.05) is 12.1 Å². The lowest BCUT2D eigenvalue weighted by Crippen LogP contribution is -2.23. The Hall–Kier alpha value is -1.72. The quantitative estimate of drug-likeness (QED) is 0.900. The number of aliphatic hydroxyl groups excluding tert-OH is 1. The fraction of sp³-hybridized carbons (Fsp3) is 0.133. The van der Waals surface area contributed by atoms with Crippen molar-refractivity contribution in [2.45, 2.75) is 13.2 Å². The number of nitrogens with one attached hydrogen (secondary N) is 1. The molecule has 2 rings (SSSR count). The van der Waals surface area contributed by atoms with Crippen LogP contribution in [0.1, 0.15) is 21.5 Å². The molecule has 0 heterocycles. The molecule has 0 aliphatic heterocycles. The van der Waals surface area contributed by atoms with Gasteiger partial charge in [-0.3, -0.25) is 4.79 Å². The average molecular weight is 338 g/mol. The summed E-state index contributed by atoms with van der Waals surface area (Å²) in [6.45, 7) is 0.330. The van der Waals surface area contributed by atoms with Crippen molar-refractivity contribution in [1.82, 2.24) is 5.32 Å². The molecule has 0 aromatic heterocycles. The SMILES string of the molecule is O=C(NCc1ccc(CO)cc1)c1cc(F)ccc1Br. The van der Waals surface area contributed by atoms with Crippen molar-refractivity contribution in [3.8, 4) is 0 Å². The van der Waals surface area contributed by atoms with E-state index >= 15 is 0 Å². The largest absolute Gasteiger partial charge is 0.392 e. The number of hydrogen-bond acceptors (Lipinski definition) is 2. The van der Waals surface area contributed by atoms with Crippen LogP contribution in [-0.4, -0.2) is 11.0 Å². The molecule has 0 radical (unpaired) electrons. The third kappa shape index (κ3) is 3.65. The average Bonchev–Trinajstić information content (AvgIpc) is 2.47. The zero-order valence-corrected chi connectivity index (χ0v) is 12.2. The van der Waals surface area contributed by atoms with Crippen molar-refractivity contribution >= 4 is 21.8 Å². The number of hydrogen-bond donors (Lipinski definition) is 2. The van der Waals surface area contributed by atoms with Crippen molar-refractivity contribution in [1.29, 1.82) is 0 Å². The van der Waals surface area contributed by atoms with Gasteiger partial charge in [-0.25, -0.2) is 4.39 Å². The van der Waals surface area contributed by atoms with Crippen LogP contribution in [0.4, 0.5) is 4.39 Å². The van der Waals surface area contributed by atoms with Gasteiger partial charge in [0.25, 0.3) is 5.91 Å². The minimum atomic E-state index is -0.453. The summed E-state index contributed by atoms with van der Waals surface area (Å²) >= 11 is 3.22. The Labute approximate surface area is 124 Å². The second-order valence-electron chi connectivity index (χ2n) is 4.28. The van der Waals surface area contributed by atoms with Crippen LogP contribution in [0.5, 0.6) is 0 Å². The van der Waals surface area contributed by atoms with Crippen LogP contribution in [0.2, 0.25) is 0 Å². The van der Waals surface area contributed by atoms with Gasteiger partial charge in [0, 0.05) is 11.0 Å². The van der Waals surface area contributed by atoms with Crippen LogP contribution < -0.4 is 5.32 Å². The topological polar surface area (TPSA) is 49.3 Å². The molecule has 20 heavy (non-hydrogen) atoms. The number of benzene rings is 2. The van der Waals surface area contributed by atoms with E-state index in [0.29, 0.717) is 11.0 Å². The summed E-state index contributed by atoms with van der Waals surface area (Å²) in [6.07, 6.45) is 0. The van der Waals surface area contributed by atoms with Gasteiger partial charge in [0.1, 0.15) is 5.82 Å². The Morgan fingerprint density at radius 1 is 1.15 bits per heavy atom. The lowest BCUT2D eigenvalue weighted by atomic mass is 10.1. The Balaban J connectivity index is 2.02. The molecule has 3 nitrogen and oxygen atoms in total. The highest BCUT2D eigenvalue weighted by atomic mass is 79.9. The third-order valence-corrected chi connectivity index (χ3v) is 3.52. The van der Waals surface area contributed by atoms with Crippen LogP contribution in [0, 0.1) is 5.82 Å². The van der Waals surface area contributed by atoms with Gasteiger partial charge >= 0.3 is 0 Å². The lowest BCUT2D eigenvalue weighted by molar-refractivity contribution is 0.0949. The van der Waals surface area contributed by atoms with E-state index in [2.05, 4.69) is 21.2 Å². The first-order valence-electron chi connectivity index (χ1n) is 6.02. The summed E-state index contributed by atoms with van der Waals surface area (Å²) in [7, 11) is 0. The summed E-state index contributed by atoms with van der Waals surface area (Å²) < 4.78 is 13.7.